The third-order valence-electron chi connectivity index (χ3n) is 4.37. The molecule has 1 N–H and O–H groups in total. The number of nitrogens with one attached hydrogen (secondary N) is 1. The zero-order valence-electron chi connectivity index (χ0n) is 15.2. The predicted octanol–water partition coefficient (Wildman–Crippen LogP) is 2.69. The van der Waals surface area contributed by atoms with Crippen molar-refractivity contribution >= 4 is 40.3 Å². The molecule has 0 aromatic heterocycles. The zero-order chi connectivity index (χ0) is 18.8. The van der Waals surface area contributed by atoms with Gasteiger partial charge in [-0.3, -0.25) is 15.1 Å². The topological polar surface area (TPSA) is 57.1 Å². The van der Waals surface area contributed by atoms with Crippen LogP contribution in [0.3, 0.4) is 0 Å². The molecule has 1 amide bonds. The van der Waals surface area contributed by atoms with Crippen molar-refractivity contribution in [2.45, 2.75) is 24.4 Å². The Bertz CT molecular complexity index is 1020. The molecule has 1 atom stereocenters. The minimum atomic E-state index is -0.353. The monoisotopic (exact) mass is 396 g/mol. The molecule has 5 nitrogen and oxygen atoms in total. The van der Waals surface area contributed by atoms with E-state index in [2.05, 4.69) is 42.8 Å². The van der Waals surface area contributed by atoms with E-state index < -0.39 is 0 Å². The second-order valence-corrected chi connectivity index (χ2v) is 8.16. The third kappa shape index (κ3) is 3.49. The largest absolute Gasteiger partial charge is 0.298 e. The average molecular weight is 397 g/mol. The fraction of sp³-hybridized carbons (Fsp3) is 0.250. The number of rotatable bonds is 4. The summed E-state index contributed by atoms with van der Waals surface area (Å²) in [6, 6.07) is 16.0. The van der Waals surface area contributed by atoms with Crippen LogP contribution >= 0.6 is 23.5 Å². The second-order valence-electron chi connectivity index (χ2n) is 6.19. The number of thioether (sulfide) groups is 2. The molecular formula is C20H20N4OS2. The Balaban J connectivity index is 1.86. The van der Waals surface area contributed by atoms with Gasteiger partial charge in [0, 0.05) is 15.9 Å². The fourth-order valence-electron chi connectivity index (χ4n) is 3.08. The van der Waals surface area contributed by atoms with E-state index in [1.54, 1.807) is 28.5 Å². The van der Waals surface area contributed by atoms with Crippen molar-refractivity contribution in [3.63, 3.8) is 0 Å². The van der Waals surface area contributed by atoms with Gasteiger partial charge >= 0.3 is 0 Å². The molecule has 0 spiro atoms. The standard InChI is InChI=1S/C20H20N4OS2/c1-3-12-27-20-22-19(25)17-15-6-4-5-7-16(15)21-18(24(17)23-20)13-8-10-14(26-2)11-9-13/h4-11,18H,3,12H2,1-2H3,(H,22,23,25)/t18-/m0/s1. The van der Waals surface area contributed by atoms with Gasteiger partial charge in [0.2, 0.25) is 0 Å². The first-order valence-electron chi connectivity index (χ1n) is 8.84. The maximum Gasteiger partial charge on any atom is 0.276 e. The van der Waals surface area contributed by atoms with Crippen LogP contribution in [0, 0.1) is 0 Å². The number of fused-ring (bicyclic) bond motifs is 2. The summed E-state index contributed by atoms with van der Waals surface area (Å²) in [6.07, 6.45) is 2.72. The number of amidine groups is 1. The van der Waals surface area contributed by atoms with Crippen LogP contribution < -0.4 is 15.9 Å². The molecule has 2 aliphatic heterocycles. The first-order valence-corrected chi connectivity index (χ1v) is 11.1. The molecule has 2 heterocycles. The molecule has 2 aliphatic rings. The van der Waals surface area contributed by atoms with Gasteiger partial charge in [-0.15, -0.1) is 16.9 Å². The van der Waals surface area contributed by atoms with Gasteiger partial charge in [0.25, 0.3) is 5.91 Å². The molecule has 7 heteroatoms. The van der Waals surface area contributed by atoms with Crippen LogP contribution in [0.15, 0.2) is 63.5 Å². The van der Waals surface area contributed by atoms with Gasteiger partial charge in [0.1, 0.15) is 5.70 Å². The molecule has 0 aliphatic carbocycles. The van der Waals surface area contributed by atoms with Crippen molar-refractivity contribution in [3.8, 4) is 0 Å². The number of hydrogen-bond acceptors (Lipinski definition) is 6. The number of hydrazone groups is 1. The molecule has 0 unspecified atom stereocenters. The molecule has 0 bridgehead atoms. The predicted molar refractivity (Wildman–Crippen MR) is 112 cm³/mol. The van der Waals surface area contributed by atoms with Crippen molar-refractivity contribution in [1.29, 1.82) is 0 Å². The molecule has 2 aromatic carbocycles. The van der Waals surface area contributed by atoms with Crippen LogP contribution in [0.1, 0.15) is 25.1 Å². The van der Waals surface area contributed by atoms with Crippen LogP contribution in [-0.2, 0) is 4.79 Å². The van der Waals surface area contributed by atoms with Crippen molar-refractivity contribution in [1.82, 2.24) is 10.3 Å². The van der Waals surface area contributed by atoms with Gasteiger partial charge in [-0.25, -0.2) is 5.01 Å². The highest BCUT2D eigenvalue weighted by atomic mass is 32.2. The molecule has 2 aromatic rings. The van der Waals surface area contributed by atoms with Crippen LogP contribution in [0.5, 0.6) is 0 Å². The quantitative estimate of drug-likeness (QED) is 0.808. The average Bonchev–Trinajstić information content (AvgIpc) is 2.71. The summed E-state index contributed by atoms with van der Waals surface area (Å²) in [7, 11) is 0. The summed E-state index contributed by atoms with van der Waals surface area (Å²) in [5, 5.41) is 11.7. The van der Waals surface area contributed by atoms with Gasteiger partial charge in [0.15, 0.2) is 11.3 Å². The second kappa shape index (κ2) is 7.78. The summed E-state index contributed by atoms with van der Waals surface area (Å²) < 4.78 is 0. The number of para-hydroxylation sites is 1. The maximum atomic E-state index is 12.9. The molecule has 0 saturated carbocycles. The number of amides is 1. The van der Waals surface area contributed by atoms with E-state index in [0.29, 0.717) is 10.9 Å². The normalized spacial score (nSPS) is 18.2. The Kier molecular flexibility index (Phi) is 5.22. The number of benzene rings is 2. The van der Waals surface area contributed by atoms with E-state index in [0.717, 1.165) is 28.3 Å². The summed E-state index contributed by atoms with van der Waals surface area (Å²) in [5.41, 5.74) is 1.57. The van der Waals surface area contributed by atoms with Crippen LogP contribution in [0.2, 0.25) is 0 Å². The van der Waals surface area contributed by atoms with Crippen LogP contribution in [0.4, 0.5) is 0 Å². The van der Waals surface area contributed by atoms with Gasteiger partial charge in [-0.2, -0.15) is 0 Å². The Morgan fingerprint density at radius 2 is 1.93 bits per heavy atom. The first kappa shape index (κ1) is 18.1. The third-order valence-corrected chi connectivity index (χ3v) is 6.19. The number of carbonyl (C=O) groups is 1. The first-order chi connectivity index (χ1) is 13.2. The van der Waals surface area contributed by atoms with Crippen molar-refractivity contribution in [2.75, 3.05) is 12.0 Å². The van der Waals surface area contributed by atoms with Gasteiger partial charge in [-0.05, 0) is 36.4 Å². The highest BCUT2D eigenvalue weighted by Gasteiger charge is 2.34. The molecule has 138 valence electrons. The van der Waals surface area contributed by atoms with E-state index in [1.165, 1.54) is 4.90 Å². The Morgan fingerprint density at radius 1 is 1.15 bits per heavy atom. The number of nitrogens with zero attached hydrogens (tertiary/aromatic N) is 3. The van der Waals surface area contributed by atoms with E-state index in [-0.39, 0.29) is 12.1 Å². The minimum absolute atomic E-state index is 0.128. The van der Waals surface area contributed by atoms with Gasteiger partial charge < -0.3 is 0 Å². The molecular weight excluding hydrogens is 376 g/mol. The SMILES string of the molecule is CCCSC1=NN2C(=c3ccccc3=N[C@@H]2c2ccc(SC)cc2)C(=O)N1. The van der Waals surface area contributed by atoms with E-state index in [9.17, 15) is 4.79 Å². The van der Waals surface area contributed by atoms with Crippen molar-refractivity contribution in [2.24, 2.45) is 10.1 Å². The van der Waals surface area contributed by atoms with Gasteiger partial charge in [0.05, 0.1) is 5.36 Å². The summed E-state index contributed by atoms with van der Waals surface area (Å²) in [6.45, 7) is 2.11. The summed E-state index contributed by atoms with van der Waals surface area (Å²) in [5.74, 6) is 0.778. The maximum absolute atomic E-state index is 12.9. The lowest BCUT2D eigenvalue weighted by Gasteiger charge is -2.34. The Hall–Kier alpha value is -2.25. The Labute approximate surface area is 166 Å². The highest BCUT2D eigenvalue weighted by Crippen LogP contribution is 2.31. The lowest BCUT2D eigenvalue weighted by molar-refractivity contribution is -0.116. The molecule has 27 heavy (non-hydrogen) atoms. The lowest BCUT2D eigenvalue weighted by atomic mass is 10.1. The van der Waals surface area contributed by atoms with Crippen LogP contribution in [0.25, 0.3) is 5.70 Å². The van der Waals surface area contributed by atoms with E-state index in [1.807, 2.05) is 24.3 Å². The molecule has 4 rings (SSSR count). The van der Waals surface area contributed by atoms with E-state index in [4.69, 9.17) is 10.1 Å². The highest BCUT2D eigenvalue weighted by molar-refractivity contribution is 8.13. The summed E-state index contributed by atoms with van der Waals surface area (Å²) in [4.78, 5) is 19.0. The van der Waals surface area contributed by atoms with Crippen molar-refractivity contribution < 1.29 is 4.79 Å². The molecule has 0 radical (unpaired) electrons. The van der Waals surface area contributed by atoms with Gasteiger partial charge in [-0.1, -0.05) is 49.0 Å². The summed E-state index contributed by atoms with van der Waals surface area (Å²) >= 11 is 3.26. The lowest BCUT2D eigenvalue weighted by Crippen LogP contribution is -2.50. The van der Waals surface area contributed by atoms with E-state index >= 15 is 0 Å². The molecule has 0 fully saturated rings. The minimum Gasteiger partial charge on any atom is -0.298 e. The smallest absolute Gasteiger partial charge is 0.276 e. The van der Waals surface area contributed by atoms with Crippen LogP contribution in [-0.4, -0.2) is 28.1 Å². The molecule has 0 saturated heterocycles. The Morgan fingerprint density at radius 3 is 2.67 bits per heavy atom. The number of hydrogen-bond donors (Lipinski definition) is 1. The van der Waals surface area contributed by atoms with Crippen molar-refractivity contribution in [3.05, 3.63) is 64.7 Å². The zero-order valence-corrected chi connectivity index (χ0v) is 16.8. The number of carbonyl (C=O) groups excluding carboxylic acids is 1. The fourth-order valence-corrected chi connectivity index (χ4v) is 4.20.